The number of aromatic nitrogens is 2. The standard InChI is InChI=1S/C12H8N2S/c1-2-10-6-13-8-14-12(10)5-9(1)11-3-4-15-7-11/h1-8H. The summed E-state index contributed by atoms with van der Waals surface area (Å²) in [6, 6.07) is 8.38. The lowest BCUT2D eigenvalue weighted by Crippen LogP contribution is -1.81. The molecule has 0 fully saturated rings. The predicted octanol–water partition coefficient (Wildman–Crippen LogP) is 3.36. The van der Waals surface area contributed by atoms with Gasteiger partial charge in [0, 0.05) is 11.6 Å². The zero-order valence-electron chi connectivity index (χ0n) is 7.92. The molecule has 0 bridgehead atoms. The summed E-state index contributed by atoms with van der Waals surface area (Å²) < 4.78 is 0. The van der Waals surface area contributed by atoms with Crippen LogP contribution in [0.3, 0.4) is 0 Å². The first-order chi connectivity index (χ1) is 7.43. The normalized spacial score (nSPS) is 10.7. The Hall–Kier alpha value is -1.74. The van der Waals surface area contributed by atoms with Gasteiger partial charge in [0.15, 0.2) is 0 Å². The summed E-state index contributed by atoms with van der Waals surface area (Å²) in [5.41, 5.74) is 3.46. The van der Waals surface area contributed by atoms with Gasteiger partial charge in [-0.05, 0) is 34.0 Å². The molecule has 72 valence electrons. The van der Waals surface area contributed by atoms with Crippen LogP contribution in [0.15, 0.2) is 47.5 Å². The average molecular weight is 212 g/mol. The van der Waals surface area contributed by atoms with Crippen molar-refractivity contribution in [2.24, 2.45) is 0 Å². The van der Waals surface area contributed by atoms with Crippen LogP contribution in [-0.4, -0.2) is 9.97 Å². The lowest BCUT2D eigenvalue weighted by Gasteiger charge is -1.99. The minimum Gasteiger partial charge on any atom is -0.244 e. The molecule has 1 aromatic carbocycles. The molecule has 0 saturated carbocycles. The third kappa shape index (κ3) is 1.51. The van der Waals surface area contributed by atoms with Crippen molar-refractivity contribution in [2.45, 2.75) is 0 Å². The van der Waals surface area contributed by atoms with Crippen molar-refractivity contribution < 1.29 is 0 Å². The van der Waals surface area contributed by atoms with Crippen LogP contribution in [-0.2, 0) is 0 Å². The van der Waals surface area contributed by atoms with Crippen molar-refractivity contribution in [1.29, 1.82) is 0 Å². The maximum absolute atomic E-state index is 4.24. The highest BCUT2D eigenvalue weighted by molar-refractivity contribution is 7.08. The van der Waals surface area contributed by atoms with E-state index in [4.69, 9.17) is 0 Å². The Balaban J connectivity index is 2.22. The lowest BCUT2D eigenvalue weighted by atomic mass is 10.1. The van der Waals surface area contributed by atoms with Gasteiger partial charge in [0.1, 0.15) is 6.33 Å². The molecule has 15 heavy (non-hydrogen) atoms. The Bertz CT molecular complexity index is 587. The van der Waals surface area contributed by atoms with Gasteiger partial charge in [-0.2, -0.15) is 11.3 Å². The van der Waals surface area contributed by atoms with Crippen molar-refractivity contribution in [3.8, 4) is 11.1 Å². The van der Waals surface area contributed by atoms with E-state index < -0.39 is 0 Å². The molecule has 3 heteroatoms. The lowest BCUT2D eigenvalue weighted by molar-refractivity contribution is 1.22. The van der Waals surface area contributed by atoms with Gasteiger partial charge in [0.05, 0.1) is 5.52 Å². The molecule has 3 rings (SSSR count). The first-order valence-electron chi connectivity index (χ1n) is 4.66. The molecule has 0 aliphatic rings. The molecule has 0 radical (unpaired) electrons. The number of fused-ring (bicyclic) bond motifs is 1. The Labute approximate surface area is 91.2 Å². The fourth-order valence-electron chi connectivity index (χ4n) is 1.58. The number of hydrogen-bond acceptors (Lipinski definition) is 3. The van der Waals surface area contributed by atoms with Crippen molar-refractivity contribution in [3.05, 3.63) is 47.5 Å². The summed E-state index contributed by atoms with van der Waals surface area (Å²) in [4.78, 5) is 8.24. The van der Waals surface area contributed by atoms with Gasteiger partial charge in [-0.25, -0.2) is 9.97 Å². The molecule has 0 aliphatic carbocycles. The zero-order valence-corrected chi connectivity index (χ0v) is 8.74. The van der Waals surface area contributed by atoms with Gasteiger partial charge in [-0.15, -0.1) is 0 Å². The Morgan fingerprint density at radius 3 is 2.93 bits per heavy atom. The fourth-order valence-corrected chi connectivity index (χ4v) is 2.25. The van der Waals surface area contributed by atoms with E-state index in [1.54, 1.807) is 17.7 Å². The van der Waals surface area contributed by atoms with Crippen molar-refractivity contribution in [3.63, 3.8) is 0 Å². The van der Waals surface area contributed by atoms with E-state index in [1.165, 1.54) is 11.1 Å². The summed E-state index contributed by atoms with van der Waals surface area (Å²) in [7, 11) is 0. The van der Waals surface area contributed by atoms with E-state index in [0.29, 0.717) is 0 Å². The molecule has 0 spiro atoms. The first-order valence-corrected chi connectivity index (χ1v) is 5.60. The molecule has 0 N–H and O–H groups in total. The van der Waals surface area contributed by atoms with Crippen LogP contribution in [0.4, 0.5) is 0 Å². The zero-order chi connectivity index (χ0) is 10.1. The molecule has 0 atom stereocenters. The monoisotopic (exact) mass is 212 g/mol. The van der Waals surface area contributed by atoms with Gasteiger partial charge >= 0.3 is 0 Å². The summed E-state index contributed by atoms with van der Waals surface area (Å²) >= 11 is 1.71. The molecule has 0 amide bonds. The molecule has 0 unspecified atom stereocenters. The maximum atomic E-state index is 4.24. The second-order valence-corrected chi connectivity index (χ2v) is 4.09. The van der Waals surface area contributed by atoms with E-state index >= 15 is 0 Å². The average Bonchev–Trinajstić information content (AvgIpc) is 2.82. The molecule has 2 nitrogen and oxygen atoms in total. The van der Waals surface area contributed by atoms with Crippen LogP contribution < -0.4 is 0 Å². The molecular formula is C12H8N2S. The highest BCUT2D eigenvalue weighted by Gasteiger charge is 2.00. The number of hydrogen-bond donors (Lipinski definition) is 0. The Kier molecular flexibility index (Phi) is 1.96. The van der Waals surface area contributed by atoms with Crippen LogP contribution in [0.1, 0.15) is 0 Å². The second-order valence-electron chi connectivity index (χ2n) is 3.31. The molecule has 0 aliphatic heterocycles. The number of thiophene rings is 1. The number of nitrogens with zero attached hydrogens (tertiary/aromatic N) is 2. The highest BCUT2D eigenvalue weighted by atomic mass is 32.1. The largest absolute Gasteiger partial charge is 0.244 e. The van der Waals surface area contributed by atoms with Crippen LogP contribution in [0.2, 0.25) is 0 Å². The second kappa shape index (κ2) is 3.44. The Morgan fingerprint density at radius 1 is 1.07 bits per heavy atom. The van der Waals surface area contributed by atoms with E-state index in [9.17, 15) is 0 Å². The van der Waals surface area contributed by atoms with Gasteiger partial charge in [-0.3, -0.25) is 0 Å². The van der Waals surface area contributed by atoms with Crippen LogP contribution in [0.25, 0.3) is 22.0 Å². The molecule has 0 saturated heterocycles. The molecule has 3 aromatic rings. The van der Waals surface area contributed by atoms with Gasteiger partial charge in [-0.1, -0.05) is 12.1 Å². The molecule has 2 heterocycles. The van der Waals surface area contributed by atoms with Gasteiger partial charge < -0.3 is 0 Å². The van der Waals surface area contributed by atoms with E-state index in [0.717, 1.165) is 10.9 Å². The number of rotatable bonds is 1. The fraction of sp³-hybridized carbons (Fsp3) is 0. The van der Waals surface area contributed by atoms with Gasteiger partial charge in [0.25, 0.3) is 0 Å². The summed E-state index contributed by atoms with van der Waals surface area (Å²) in [5.74, 6) is 0. The minimum atomic E-state index is 0.994. The summed E-state index contributed by atoms with van der Waals surface area (Å²) in [6.45, 7) is 0. The topological polar surface area (TPSA) is 25.8 Å². The minimum absolute atomic E-state index is 0.994. The quantitative estimate of drug-likeness (QED) is 0.618. The molecular weight excluding hydrogens is 204 g/mol. The smallest absolute Gasteiger partial charge is 0.116 e. The van der Waals surface area contributed by atoms with E-state index in [-0.39, 0.29) is 0 Å². The highest BCUT2D eigenvalue weighted by Crippen LogP contribution is 2.24. The number of benzene rings is 1. The van der Waals surface area contributed by atoms with Gasteiger partial charge in [0.2, 0.25) is 0 Å². The molecule has 2 aromatic heterocycles. The summed E-state index contributed by atoms with van der Waals surface area (Å²) in [6.07, 6.45) is 3.42. The SMILES string of the molecule is c1ncc2ccc(-c3ccsc3)cc2n1. The van der Waals surface area contributed by atoms with Crippen LogP contribution in [0, 0.1) is 0 Å². The maximum Gasteiger partial charge on any atom is 0.116 e. The van der Waals surface area contributed by atoms with Crippen LogP contribution >= 0.6 is 11.3 Å². The van der Waals surface area contributed by atoms with E-state index in [1.807, 2.05) is 6.20 Å². The van der Waals surface area contributed by atoms with Crippen molar-refractivity contribution in [1.82, 2.24) is 9.97 Å². The predicted molar refractivity (Wildman–Crippen MR) is 62.9 cm³/mol. The van der Waals surface area contributed by atoms with Crippen molar-refractivity contribution in [2.75, 3.05) is 0 Å². The van der Waals surface area contributed by atoms with E-state index in [2.05, 4.69) is 45.0 Å². The van der Waals surface area contributed by atoms with Crippen LogP contribution in [0.5, 0.6) is 0 Å². The first kappa shape index (κ1) is 8.56. The summed E-state index contributed by atoms with van der Waals surface area (Å²) in [5, 5.41) is 5.30. The third-order valence-corrected chi connectivity index (χ3v) is 3.05. The third-order valence-electron chi connectivity index (χ3n) is 2.36. The van der Waals surface area contributed by atoms with Crippen molar-refractivity contribution >= 4 is 22.2 Å². The Morgan fingerprint density at radius 2 is 2.07 bits per heavy atom.